The third-order valence-electron chi connectivity index (χ3n) is 4.26. The Hall–Kier alpha value is -3.05. The molecule has 178 valence electrons. The van der Waals surface area contributed by atoms with Crippen LogP contribution in [-0.4, -0.2) is 50.2 Å². The molecule has 9 nitrogen and oxygen atoms in total. The highest BCUT2D eigenvalue weighted by Gasteiger charge is 2.20. The Morgan fingerprint density at radius 2 is 2.00 bits per heavy atom. The van der Waals surface area contributed by atoms with Crippen LogP contribution in [0.25, 0.3) is 0 Å². The first-order chi connectivity index (χ1) is 15.5. The van der Waals surface area contributed by atoms with Gasteiger partial charge in [-0.05, 0) is 33.8 Å². The number of rotatable bonds is 10. The van der Waals surface area contributed by atoms with E-state index in [-0.39, 0.29) is 24.1 Å². The minimum Gasteiger partial charge on any atom is -0.469 e. The van der Waals surface area contributed by atoms with Crippen LogP contribution in [0.5, 0.6) is 0 Å². The summed E-state index contributed by atoms with van der Waals surface area (Å²) in [6.07, 6.45) is 6.15. The summed E-state index contributed by atoms with van der Waals surface area (Å²) in [7, 11) is 1.21. The highest BCUT2D eigenvalue weighted by atomic mass is 32.2. The molecule has 0 aliphatic heterocycles. The molecule has 1 amide bonds. The van der Waals surface area contributed by atoms with E-state index in [1.54, 1.807) is 12.3 Å². The van der Waals surface area contributed by atoms with E-state index < -0.39 is 22.5 Å². The molecular weight excluding hydrogens is 464 g/mol. The van der Waals surface area contributed by atoms with Crippen molar-refractivity contribution in [2.24, 2.45) is 0 Å². The lowest BCUT2D eigenvalue weighted by Gasteiger charge is -2.32. The molecule has 1 rings (SSSR count). The van der Waals surface area contributed by atoms with E-state index in [9.17, 15) is 19.7 Å². The number of hydrogen-bond acceptors (Lipinski definition) is 8. The lowest BCUT2D eigenvalue weighted by Crippen LogP contribution is -2.39. The number of aromatic nitrogens is 1. The Balaban J connectivity index is 3.26. The Bertz CT molecular complexity index is 965. The van der Waals surface area contributed by atoms with Crippen molar-refractivity contribution < 1.29 is 19.2 Å². The van der Waals surface area contributed by atoms with Crippen LogP contribution in [0.2, 0.25) is 0 Å². The summed E-state index contributed by atoms with van der Waals surface area (Å²) in [5, 5.41) is 13.9. The van der Waals surface area contributed by atoms with E-state index in [1.807, 2.05) is 27.7 Å². The number of nitrogens with zero attached hydrogens (tertiary/aromatic N) is 3. The zero-order valence-corrected chi connectivity index (χ0v) is 20.9. The molecule has 1 heterocycles. The van der Waals surface area contributed by atoms with Gasteiger partial charge in [0.1, 0.15) is 4.32 Å². The third-order valence-corrected chi connectivity index (χ3v) is 5.65. The number of methoxy groups -OCH3 is 1. The molecule has 0 atom stereocenters. The molecule has 1 aromatic heterocycles. The first kappa shape index (κ1) is 28.0. The molecule has 0 unspecified atom stereocenters. The minimum atomic E-state index is -0.676. The number of pyridine rings is 1. The molecule has 0 spiro atoms. The molecule has 0 aromatic carbocycles. The SMILES string of the molecule is C=C/C(=C\C(=C/CC(=O)OC)C(=O)Nc1ccncc1SC(=S)N(C(C)C)C(C)C)[N+](=O)[O-]. The number of esters is 1. The summed E-state index contributed by atoms with van der Waals surface area (Å²) in [5.41, 5.74) is -0.0574. The van der Waals surface area contributed by atoms with E-state index in [4.69, 9.17) is 12.2 Å². The second-order valence-electron chi connectivity index (χ2n) is 7.26. The molecule has 1 aromatic rings. The van der Waals surface area contributed by atoms with Crippen LogP contribution in [0.1, 0.15) is 34.1 Å². The van der Waals surface area contributed by atoms with Crippen LogP contribution < -0.4 is 5.32 Å². The molecule has 0 saturated carbocycles. The first-order valence-corrected chi connectivity index (χ1v) is 11.2. The second kappa shape index (κ2) is 13.5. The maximum Gasteiger partial charge on any atom is 0.309 e. The smallest absolute Gasteiger partial charge is 0.309 e. The third kappa shape index (κ3) is 8.78. The number of hydrogen-bond donors (Lipinski definition) is 1. The van der Waals surface area contributed by atoms with Crippen molar-refractivity contribution in [3.63, 3.8) is 0 Å². The number of thiocarbonyl (C=S) groups is 1. The van der Waals surface area contributed by atoms with Crippen molar-refractivity contribution in [1.29, 1.82) is 0 Å². The molecule has 0 aliphatic rings. The van der Waals surface area contributed by atoms with Gasteiger partial charge >= 0.3 is 5.97 Å². The predicted octanol–water partition coefficient (Wildman–Crippen LogP) is 4.35. The van der Waals surface area contributed by atoms with Gasteiger partial charge in [0.25, 0.3) is 11.6 Å². The van der Waals surface area contributed by atoms with Gasteiger partial charge in [-0.3, -0.25) is 24.7 Å². The summed E-state index contributed by atoms with van der Waals surface area (Å²) in [5.74, 6) is -1.24. The fourth-order valence-corrected chi connectivity index (χ4v) is 4.51. The topological polar surface area (TPSA) is 115 Å². The zero-order valence-electron chi connectivity index (χ0n) is 19.2. The summed E-state index contributed by atoms with van der Waals surface area (Å²) in [6, 6.07) is 1.95. The van der Waals surface area contributed by atoms with Crippen LogP contribution in [-0.2, 0) is 14.3 Å². The number of amides is 1. The van der Waals surface area contributed by atoms with Crippen molar-refractivity contribution in [3.8, 4) is 0 Å². The molecular formula is C22H28N4O5S2. The highest BCUT2D eigenvalue weighted by molar-refractivity contribution is 8.23. The van der Waals surface area contributed by atoms with Gasteiger partial charge in [-0.1, -0.05) is 36.6 Å². The first-order valence-electron chi connectivity index (χ1n) is 10.0. The standard InChI is InChI=1S/C22H28N4O5S2/c1-7-17(26(29)30)12-16(8-9-20(27)31-6)21(28)24-18-10-11-23-13-19(18)33-22(32)25(14(2)3)15(4)5/h7-8,10-15H,1,9H2,2-6H3,(H,23,24,28)/b16-8+,17-12+. The number of ether oxygens (including phenoxy) is 1. The molecule has 0 bridgehead atoms. The Labute approximate surface area is 203 Å². The van der Waals surface area contributed by atoms with Gasteiger partial charge in [0.2, 0.25) is 0 Å². The van der Waals surface area contributed by atoms with E-state index in [0.29, 0.717) is 14.9 Å². The number of anilines is 1. The number of nitro groups is 1. The zero-order chi connectivity index (χ0) is 25.1. The van der Waals surface area contributed by atoms with Crippen LogP contribution in [0, 0.1) is 10.1 Å². The maximum absolute atomic E-state index is 13.0. The summed E-state index contributed by atoms with van der Waals surface area (Å²) in [6.45, 7) is 11.5. The molecule has 33 heavy (non-hydrogen) atoms. The van der Waals surface area contributed by atoms with Gasteiger partial charge in [0.05, 0.1) is 29.0 Å². The van der Waals surface area contributed by atoms with E-state index in [2.05, 4.69) is 26.5 Å². The second-order valence-corrected chi connectivity index (χ2v) is 8.93. The Kier molecular flexibility index (Phi) is 11.4. The monoisotopic (exact) mass is 492 g/mol. The van der Waals surface area contributed by atoms with Crippen molar-refractivity contribution in [2.75, 3.05) is 12.4 Å². The fraction of sp³-hybridized carbons (Fsp3) is 0.364. The highest BCUT2D eigenvalue weighted by Crippen LogP contribution is 2.30. The van der Waals surface area contributed by atoms with Crippen LogP contribution >= 0.6 is 24.0 Å². The number of thioether (sulfide) groups is 1. The van der Waals surface area contributed by atoms with E-state index >= 15 is 0 Å². The van der Waals surface area contributed by atoms with E-state index in [1.165, 1.54) is 31.1 Å². The molecule has 0 fully saturated rings. The van der Waals surface area contributed by atoms with Crippen LogP contribution in [0.3, 0.4) is 0 Å². The van der Waals surface area contributed by atoms with Crippen molar-refractivity contribution in [1.82, 2.24) is 9.88 Å². The molecule has 1 N–H and O–H groups in total. The number of carbonyl (C=O) groups is 2. The number of nitrogens with one attached hydrogen (secondary N) is 1. The average Bonchev–Trinajstić information content (AvgIpc) is 2.74. The number of allylic oxidation sites excluding steroid dienone is 1. The largest absolute Gasteiger partial charge is 0.469 e. The van der Waals surface area contributed by atoms with Crippen molar-refractivity contribution >= 4 is 45.9 Å². The Morgan fingerprint density at radius 3 is 2.52 bits per heavy atom. The summed E-state index contributed by atoms with van der Waals surface area (Å²) >= 11 is 6.89. The summed E-state index contributed by atoms with van der Waals surface area (Å²) < 4.78 is 5.20. The minimum absolute atomic E-state index is 0.0895. The molecule has 0 saturated heterocycles. The van der Waals surface area contributed by atoms with Crippen LogP contribution in [0.15, 0.2) is 59.4 Å². The van der Waals surface area contributed by atoms with Crippen LogP contribution in [0.4, 0.5) is 5.69 Å². The van der Waals surface area contributed by atoms with Gasteiger partial charge < -0.3 is 15.0 Å². The lowest BCUT2D eigenvalue weighted by molar-refractivity contribution is -0.419. The Morgan fingerprint density at radius 1 is 1.36 bits per heavy atom. The van der Waals surface area contributed by atoms with Gasteiger partial charge in [-0.25, -0.2) is 0 Å². The average molecular weight is 493 g/mol. The van der Waals surface area contributed by atoms with E-state index in [0.717, 1.165) is 12.2 Å². The van der Waals surface area contributed by atoms with Crippen molar-refractivity contribution in [3.05, 3.63) is 64.7 Å². The fourth-order valence-electron chi connectivity index (χ4n) is 2.76. The predicted molar refractivity (Wildman–Crippen MR) is 133 cm³/mol. The maximum atomic E-state index is 13.0. The van der Waals surface area contributed by atoms with Gasteiger partial charge in [0.15, 0.2) is 0 Å². The lowest BCUT2D eigenvalue weighted by atomic mass is 10.1. The van der Waals surface area contributed by atoms with Gasteiger partial charge in [0, 0.05) is 42.2 Å². The number of carbonyl (C=O) groups excluding carboxylic acids is 2. The quantitative estimate of drug-likeness (QED) is 0.0968. The molecule has 0 aliphatic carbocycles. The summed E-state index contributed by atoms with van der Waals surface area (Å²) in [4.78, 5) is 41.8. The van der Waals surface area contributed by atoms with Gasteiger partial charge in [-0.2, -0.15) is 0 Å². The molecule has 0 radical (unpaired) electrons. The molecule has 11 heteroatoms. The van der Waals surface area contributed by atoms with Crippen molar-refractivity contribution in [2.45, 2.75) is 51.1 Å². The van der Waals surface area contributed by atoms with Gasteiger partial charge in [-0.15, -0.1) is 0 Å². The normalized spacial score (nSPS) is 11.8.